The lowest BCUT2D eigenvalue weighted by Crippen LogP contribution is -2.47. The third-order valence-corrected chi connectivity index (χ3v) is 2.61. The van der Waals surface area contributed by atoms with Crippen LogP contribution in [0.4, 0.5) is 0 Å². The van der Waals surface area contributed by atoms with E-state index in [1.165, 1.54) is 5.01 Å². The quantitative estimate of drug-likeness (QED) is 0.651. The first-order valence-electron chi connectivity index (χ1n) is 5.81. The minimum absolute atomic E-state index is 0.263. The molecule has 0 aliphatic heterocycles. The number of carbonyl (C=O) groups is 1. The second kappa shape index (κ2) is 5.25. The average Bonchev–Trinajstić information content (AvgIpc) is 2.67. The summed E-state index contributed by atoms with van der Waals surface area (Å²) in [5, 5.41) is 1.54. The number of benzene rings is 1. The first-order valence-corrected chi connectivity index (χ1v) is 5.81. The van der Waals surface area contributed by atoms with E-state index in [0.717, 1.165) is 5.56 Å². The molecule has 0 fully saturated rings. The zero-order valence-corrected chi connectivity index (χ0v) is 10.8. The fourth-order valence-electron chi connectivity index (χ4n) is 1.77. The summed E-state index contributed by atoms with van der Waals surface area (Å²) in [4.78, 5) is 25.3. The lowest BCUT2D eigenvalue weighted by molar-refractivity contribution is -0.126. The van der Waals surface area contributed by atoms with Gasteiger partial charge in [-0.1, -0.05) is 6.07 Å². The van der Waals surface area contributed by atoms with Crippen molar-refractivity contribution in [3.8, 4) is 0 Å². The van der Waals surface area contributed by atoms with Crippen LogP contribution in [0.3, 0.4) is 0 Å². The average molecular weight is 264 g/mol. The molecule has 1 aromatic heterocycles. The van der Waals surface area contributed by atoms with E-state index in [0.29, 0.717) is 17.5 Å². The number of hydrogen-bond donors (Lipinski definition) is 3. The molecule has 2 aromatic rings. The topological polar surface area (TPSA) is 104 Å². The molecule has 19 heavy (non-hydrogen) atoms. The van der Waals surface area contributed by atoms with Gasteiger partial charge in [0.05, 0.1) is 11.6 Å². The summed E-state index contributed by atoms with van der Waals surface area (Å²) >= 11 is 0. The zero-order valence-electron chi connectivity index (χ0n) is 10.8. The van der Waals surface area contributed by atoms with Gasteiger partial charge < -0.3 is 10.2 Å². The molecular formula is C12H16N4O3. The molecule has 0 bridgehead atoms. The molecular weight excluding hydrogens is 248 g/mol. The van der Waals surface area contributed by atoms with Crippen molar-refractivity contribution < 1.29 is 9.21 Å². The van der Waals surface area contributed by atoms with Crippen molar-refractivity contribution in [1.82, 2.24) is 15.4 Å². The van der Waals surface area contributed by atoms with Crippen LogP contribution in [0.25, 0.3) is 11.1 Å². The SMILES string of the molecule is CN(C)NC(=O)C(N)Cc1ccc2[nH]c(=O)oc2c1. The van der Waals surface area contributed by atoms with Gasteiger partial charge in [0.25, 0.3) is 5.91 Å². The number of nitrogens with zero attached hydrogens (tertiary/aromatic N) is 1. The van der Waals surface area contributed by atoms with Crippen molar-refractivity contribution in [1.29, 1.82) is 0 Å². The van der Waals surface area contributed by atoms with Crippen LogP contribution in [0.1, 0.15) is 5.56 Å². The molecule has 1 atom stereocenters. The van der Waals surface area contributed by atoms with Crippen molar-refractivity contribution >= 4 is 17.0 Å². The second-order valence-electron chi connectivity index (χ2n) is 4.53. The molecule has 7 nitrogen and oxygen atoms in total. The minimum atomic E-state index is -0.662. The molecule has 7 heteroatoms. The second-order valence-corrected chi connectivity index (χ2v) is 4.53. The lowest BCUT2D eigenvalue weighted by atomic mass is 10.1. The fraction of sp³-hybridized carbons (Fsp3) is 0.333. The molecule has 0 saturated carbocycles. The number of H-pyrrole nitrogens is 1. The number of oxazole rings is 1. The Morgan fingerprint density at radius 1 is 1.53 bits per heavy atom. The highest BCUT2D eigenvalue weighted by molar-refractivity contribution is 5.81. The number of fused-ring (bicyclic) bond motifs is 1. The van der Waals surface area contributed by atoms with Gasteiger partial charge >= 0.3 is 5.76 Å². The number of nitrogens with one attached hydrogen (secondary N) is 2. The first kappa shape index (κ1) is 13.3. The van der Waals surface area contributed by atoms with E-state index in [-0.39, 0.29) is 5.91 Å². The molecule has 4 N–H and O–H groups in total. The summed E-state index contributed by atoms with van der Waals surface area (Å²) in [6.07, 6.45) is 0.366. The number of hydrogen-bond acceptors (Lipinski definition) is 5. The fourth-order valence-corrected chi connectivity index (χ4v) is 1.77. The van der Waals surface area contributed by atoms with Gasteiger partial charge in [-0.2, -0.15) is 0 Å². The Hall–Kier alpha value is -2.12. The first-order chi connectivity index (χ1) is 8.95. The van der Waals surface area contributed by atoms with E-state index in [1.54, 1.807) is 32.3 Å². The predicted molar refractivity (Wildman–Crippen MR) is 70.3 cm³/mol. The maximum Gasteiger partial charge on any atom is 0.417 e. The van der Waals surface area contributed by atoms with Crippen LogP contribution in [-0.4, -0.2) is 36.0 Å². The lowest BCUT2D eigenvalue weighted by Gasteiger charge is -2.16. The van der Waals surface area contributed by atoms with Gasteiger partial charge in [0.1, 0.15) is 0 Å². The largest absolute Gasteiger partial charge is 0.417 e. The molecule has 1 amide bonds. The highest BCUT2D eigenvalue weighted by Gasteiger charge is 2.15. The minimum Gasteiger partial charge on any atom is -0.408 e. The van der Waals surface area contributed by atoms with Crippen molar-refractivity contribution in [3.05, 3.63) is 34.3 Å². The Bertz CT molecular complexity index is 644. The summed E-state index contributed by atoms with van der Waals surface area (Å²) in [6.45, 7) is 0. The highest BCUT2D eigenvalue weighted by Crippen LogP contribution is 2.13. The number of rotatable bonds is 4. The molecule has 0 radical (unpaired) electrons. The molecule has 0 aliphatic rings. The maximum absolute atomic E-state index is 11.7. The number of amides is 1. The van der Waals surface area contributed by atoms with Crippen LogP contribution in [0.2, 0.25) is 0 Å². The number of nitrogens with two attached hydrogens (primary N) is 1. The number of aromatic nitrogens is 1. The highest BCUT2D eigenvalue weighted by atomic mass is 16.4. The summed E-state index contributed by atoms with van der Waals surface area (Å²) in [7, 11) is 3.43. The Kier molecular flexibility index (Phi) is 3.68. The zero-order chi connectivity index (χ0) is 14.0. The predicted octanol–water partition coefficient (Wildman–Crippen LogP) is -0.416. The summed E-state index contributed by atoms with van der Waals surface area (Å²) < 4.78 is 4.95. The van der Waals surface area contributed by atoms with E-state index < -0.39 is 11.8 Å². The molecule has 2 rings (SSSR count). The molecule has 0 spiro atoms. The van der Waals surface area contributed by atoms with Crippen molar-refractivity contribution in [2.24, 2.45) is 5.73 Å². The molecule has 1 unspecified atom stereocenters. The van der Waals surface area contributed by atoms with Crippen molar-refractivity contribution in [2.45, 2.75) is 12.5 Å². The van der Waals surface area contributed by atoms with E-state index in [2.05, 4.69) is 10.4 Å². The maximum atomic E-state index is 11.7. The standard InChI is InChI=1S/C12H16N4O3/c1-16(2)15-11(17)8(13)5-7-3-4-9-10(6-7)19-12(18)14-9/h3-4,6,8H,5,13H2,1-2H3,(H,14,18)(H,15,17). The molecule has 102 valence electrons. The van der Waals surface area contributed by atoms with Gasteiger partial charge in [0, 0.05) is 14.1 Å². The van der Waals surface area contributed by atoms with E-state index >= 15 is 0 Å². The Labute approximate surface area is 109 Å². The van der Waals surface area contributed by atoms with Gasteiger partial charge in [-0.3, -0.25) is 15.2 Å². The number of hydrazine groups is 1. The van der Waals surface area contributed by atoms with Gasteiger partial charge in [-0.05, 0) is 24.1 Å². The van der Waals surface area contributed by atoms with Crippen LogP contribution in [0, 0.1) is 0 Å². The van der Waals surface area contributed by atoms with Gasteiger partial charge in [-0.25, -0.2) is 9.80 Å². The van der Waals surface area contributed by atoms with E-state index in [4.69, 9.17) is 10.2 Å². The van der Waals surface area contributed by atoms with E-state index in [1.807, 2.05) is 0 Å². The third kappa shape index (κ3) is 3.21. The molecule has 1 aromatic carbocycles. The van der Waals surface area contributed by atoms with Gasteiger partial charge in [0.15, 0.2) is 5.58 Å². The number of carbonyl (C=O) groups excluding carboxylic acids is 1. The summed E-state index contributed by atoms with van der Waals surface area (Å²) in [6, 6.07) is 4.57. The van der Waals surface area contributed by atoms with Crippen molar-refractivity contribution in [3.63, 3.8) is 0 Å². The Morgan fingerprint density at radius 2 is 2.26 bits per heavy atom. The van der Waals surface area contributed by atoms with Crippen LogP contribution in [0.15, 0.2) is 27.4 Å². The normalized spacial score (nSPS) is 12.8. The third-order valence-electron chi connectivity index (χ3n) is 2.61. The van der Waals surface area contributed by atoms with Crippen LogP contribution < -0.4 is 16.9 Å². The monoisotopic (exact) mass is 264 g/mol. The molecule has 1 heterocycles. The number of aromatic amines is 1. The molecule has 0 aliphatic carbocycles. The van der Waals surface area contributed by atoms with Crippen LogP contribution in [-0.2, 0) is 11.2 Å². The van der Waals surface area contributed by atoms with Crippen LogP contribution >= 0.6 is 0 Å². The smallest absolute Gasteiger partial charge is 0.408 e. The van der Waals surface area contributed by atoms with Gasteiger partial charge in [0.2, 0.25) is 0 Å². The molecule has 0 saturated heterocycles. The summed E-state index contributed by atoms with van der Waals surface area (Å²) in [5.41, 5.74) is 10.3. The Balaban J connectivity index is 2.12. The van der Waals surface area contributed by atoms with Gasteiger partial charge in [-0.15, -0.1) is 0 Å². The summed E-state index contributed by atoms with van der Waals surface area (Å²) in [5.74, 6) is -0.762. The van der Waals surface area contributed by atoms with E-state index in [9.17, 15) is 9.59 Å². The van der Waals surface area contributed by atoms with Crippen molar-refractivity contribution in [2.75, 3.05) is 14.1 Å². The van der Waals surface area contributed by atoms with Crippen LogP contribution in [0.5, 0.6) is 0 Å². The Morgan fingerprint density at radius 3 is 2.95 bits per heavy atom.